The van der Waals surface area contributed by atoms with Gasteiger partial charge in [0, 0.05) is 12.3 Å². The van der Waals surface area contributed by atoms with Gasteiger partial charge in [0.1, 0.15) is 0 Å². The van der Waals surface area contributed by atoms with Crippen molar-refractivity contribution in [2.75, 3.05) is 0 Å². The van der Waals surface area contributed by atoms with Gasteiger partial charge in [-0.1, -0.05) is 66.7 Å². The number of allylic oxidation sites excluding steroid dienone is 1. The molecule has 1 amide bonds. The standard InChI is InChI=1S/C27H25NO4/c28-27(30)25-13-21(14-26(32-25)31-16-18-7-5-17(15-29)6-8-18)19-9-10-24-22(11-19)12-20-3-1-2-4-23(20)24/h1-11,13,21,26,29H,12,14-16H2,(H2,28,30)/t21-,26+/m0/s1. The quantitative estimate of drug-likeness (QED) is 0.484. The van der Waals surface area contributed by atoms with Crippen molar-refractivity contribution < 1.29 is 19.4 Å². The van der Waals surface area contributed by atoms with Crippen LogP contribution >= 0.6 is 0 Å². The number of fused-ring (bicyclic) bond motifs is 3. The predicted octanol–water partition coefficient (Wildman–Crippen LogP) is 4.17. The topological polar surface area (TPSA) is 81.8 Å². The molecule has 2 aliphatic rings. The maximum atomic E-state index is 11.9. The second kappa shape index (κ2) is 8.61. The van der Waals surface area contributed by atoms with Crippen LogP contribution in [0.15, 0.2) is 78.6 Å². The first-order chi connectivity index (χ1) is 15.6. The van der Waals surface area contributed by atoms with Crippen molar-refractivity contribution in [1.82, 2.24) is 0 Å². The smallest absolute Gasteiger partial charge is 0.283 e. The lowest BCUT2D eigenvalue weighted by atomic mass is 9.90. The summed E-state index contributed by atoms with van der Waals surface area (Å²) in [7, 11) is 0. The van der Waals surface area contributed by atoms with Crippen LogP contribution in [0, 0.1) is 0 Å². The van der Waals surface area contributed by atoms with Crippen LogP contribution in [-0.2, 0) is 33.9 Å². The maximum absolute atomic E-state index is 11.9. The Hall–Kier alpha value is -3.41. The van der Waals surface area contributed by atoms with E-state index in [0.717, 1.165) is 23.1 Å². The Morgan fingerprint density at radius 2 is 1.75 bits per heavy atom. The number of carbonyl (C=O) groups is 1. The zero-order chi connectivity index (χ0) is 22.1. The summed E-state index contributed by atoms with van der Waals surface area (Å²) in [6.45, 7) is 0.349. The largest absolute Gasteiger partial charge is 0.459 e. The van der Waals surface area contributed by atoms with Crippen molar-refractivity contribution in [2.45, 2.75) is 38.3 Å². The summed E-state index contributed by atoms with van der Waals surface area (Å²) in [6.07, 6.45) is 2.74. The van der Waals surface area contributed by atoms with Gasteiger partial charge in [-0.25, -0.2) is 0 Å². The van der Waals surface area contributed by atoms with Crippen LogP contribution in [0.2, 0.25) is 0 Å². The van der Waals surface area contributed by atoms with E-state index in [0.29, 0.717) is 13.0 Å². The monoisotopic (exact) mass is 427 g/mol. The molecule has 162 valence electrons. The van der Waals surface area contributed by atoms with Gasteiger partial charge >= 0.3 is 0 Å². The second-order valence-electron chi connectivity index (χ2n) is 8.32. The molecule has 1 aliphatic carbocycles. The summed E-state index contributed by atoms with van der Waals surface area (Å²) in [5.74, 6) is -0.475. The van der Waals surface area contributed by atoms with Crippen LogP contribution in [-0.4, -0.2) is 17.3 Å². The molecule has 32 heavy (non-hydrogen) atoms. The highest BCUT2D eigenvalue weighted by atomic mass is 16.7. The molecule has 0 saturated carbocycles. The van der Waals surface area contributed by atoms with Crippen LogP contribution in [0.4, 0.5) is 0 Å². The number of ether oxygens (including phenoxy) is 2. The first-order valence-electron chi connectivity index (χ1n) is 10.8. The number of primary amides is 1. The van der Waals surface area contributed by atoms with E-state index in [2.05, 4.69) is 42.5 Å². The molecular formula is C27H25NO4. The van der Waals surface area contributed by atoms with E-state index in [-0.39, 0.29) is 18.3 Å². The van der Waals surface area contributed by atoms with E-state index >= 15 is 0 Å². The lowest BCUT2D eigenvalue weighted by Gasteiger charge is -2.29. The van der Waals surface area contributed by atoms with Crippen molar-refractivity contribution in [3.05, 3.63) is 106 Å². The Bertz CT molecular complexity index is 1180. The number of hydrogen-bond donors (Lipinski definition) is 2. The van der Waals surface area contributed by atoms with Crippen molar-refractivity contribution in [3.8, 4) is 11.1 Å². The Kier molecular flexibility index (Phi) is 5.52. The third-order valence-corrected chi connectivity index (χ3v) is 6.19. The second-order valence-corrected chi connectivity index (χ2v) is 8.32. The summed E-state index contributed by atoms with van der Waals surface area (Å²) in [5.41, 5.74) is 13.7. The van der Waals surface area contributed by atoms with Crippen molar-refractivity contribution in [3.63, 3.8) is 0 Å². The average molecular weight is 428 g/mol. The molecule has 1 aliphatic heterocycles. The molecular weight excluding hydrogens is 402 g/mol. The Labute approximate surface area is 187 Å². The van der Waals surface area contributed by atoms with Crippen LogP contribution in [0.3, 0.4) is 0 Å². The number of carbonyl (C=O) groups excluding carboxylic acids is 1. The van der Waals surface area contributed by atoms with Crippen molar-refractivity contribution >= 4 is 5.91 Å². The van der Waals surface area contributed by atoms with E-state index < -0.39 is 12.2 Å². The number of benzene rings is 3. The molecule has 5 nitrogen and oxygen atoms in total. The van der Waals surface area contributed by atoms with E-state index in [9.17, 15) is 9.90 Å². The highest BCUT2D eigenvalue weighted by Crippen LogP contribution is 2.39. The van der Waals surface area contributed by atoms with Gasteiger partial charge in [-0.15, -0.1) is 0 Å². The van der Waals surface area contributed by atoms with Gasteiger partial charge in [0.2, 0.25) is 6.29 Å². The van der Waals surface area contributed by atoms with Gasteiger partial charge in [-0.2, -0.15) is 0 Å². The summed E-state index contributed by atoms with van der Waals surface area (Å²) >= 11 is 0. The highest BCUT2D eigenvalue weighted by molar-refractivity contribution is 5.90. The number of nitrogens with two attached hydrogens (primary N) is 1. The Morgan fingerprint density at radius 1 is 1.00 bits per heavy atom. The van der Waals surface area contributed by atoms with Gasteiger partial charge in [-0.3, -0.25) is 4.79 Å². The number of rotatable bonds is 6. The molecule has 5 heteroatoms. The van der Waals surface area contributed by atoms with E-state index in [1.54, 1.807) is 0 Å². The zero-order valence-electron chi connectivity index (χ0n) is 17.7. The van der Waals surface area contributed by atoms with E-state index in [1.165, 1.54) is 22.3 Å². The summed E-state index contributed by atoms with van der Waals surface area (Å²) in [4.78, 5) is 11.9. The van der Waals surface area contributed by atoms with Crippen LogP contribution < -0.4 is 5.73 Å². The molecule has 3 aromatic carbocycles. The third-order valence-electron chi connectivity index (χ3n) is 6.19. The van der Waals surface area contributed by atoms with E-state index in [4.69, 9.17) is 15.2 Å². The maximum Gasteiger partial charge on any atom is 0.283 e. The summed E-state index contributed by atoms with van der Waals surface area (Å²) in [6, 6.07) is 22.5. The van der Waals surface area contributed by atoms with Gasteiger partial charge in [0.05, 0.1) is 13.2 Å². The van der Waals surface area contributed by atoms with Gasteiger partial charge in [0.15, 0.2) is 5.76 Å². The fraction of sp³-hybridized carbons (Fsp3) is 0.222. The number of aliphatic hydroxyl groups is 1. The molecule has 0 aromatic heterocycles. The molecule has 2 atom stereocenters. The van der Waals surface area contributed by atoms with Crippen LogP contribution in [0.5, 0.6) is 0 Å². The van der Waals surface area contributed by atoms with Gasteiger partial charge in [0.25, 0.3) is 5.91 Å². The fourth-order valence-corrected chi connectivity index (χ4v) is 4.49. The lowest BCUT2D eigenvalue weighted by Crippen LogP contribution is -2.29. The fourth-order valence-electron chi connectivity index (χ4n) is 4.49. The molecule has 0 radical (unpaired) electrons. The van der Waals surface area contributed by atoms with Crippen LogP contribution in [0.1, 0.15) is 40.2 Å². The van der Waals surface area contributed by atoms with E-state index in [1.807, 2.05) is 30.3 Å². The molecule has 0 spiro atoms. The Morgan fingerprint density at radius 3 is 2.53 bits per heavy atom. The summed E-state index contributed by atoms with van der Waals surface area (Å²) < 4.78 is 11.7. The van der Waals surface area contributed by atoms with Gasteiger partial charge in [-0.05, 0) is 51.4 Å². The minimum atomic E-state index is -0.593. The highest BCUT2D eigenvalue weighted by Gasteiger charge is 2.29. The number of amides is 1. The lowest BCUT2D eigenvalue weighted by molar-refractivity contribution is -0.148. The first-order valence-corrected chi connectivity index (χ1v) is 10.8. The molecule has 3 N–H and O–H groups in total. The average Bonchev–Trinajstić information content (AvgIpc) is 3.20. The van der Waals surface area contributed by atoms with Crippen molar-refractivity contribution in [1.29, 1.82) is 0 Å². The molecule has 5 rings (SSSR count). The van der Waals surface area contributed by atoms with Crippen molar-refractivity contribution in [2.24, 2.45) is 5.73 Å². The summed E-state index contributed by atoms with van der Waals surface area (Å²) in [5, 5.41) is 9.19. The molecule has 0 bridgehead atoms. The minimum Gasteiger partial charge on any atom is -0.459 e. The Balaban J connectivity index is 1.34. The molecule has 1 heterocycles. The third kappa shape index (κ3) is 4.05. The van der Waals surface area contributed by atoms with Crippen LogP contribution in [0.25, 0.3) is 11.1 Å². The molecule has 0 fully saturated rings. The number of aliphatic hydroxyl groups excluding tert-OH is 1. The molecule has 0 unspecified atom stereocenters. The first kappa shape index (κ1) is 20.5. The molecule has 3 aromatic rings. The molecule has 0 saturated heterocycles. The normalized spacial score (nSPS) is 19.0. The predicted molar refractivity (Wildman–Crippen MR) is 121 cm³/mol. The van der Waals surface area contributed by atoms with Gasteiger partial charge < -0.3 is 20.3 Å². The SMILES string of the molecule is NC(=O)C1=C[C@H](c2ccc3c(c2)Cc2ccccc2-3)C[C@H](OCc2ccc(CO)cc2)O1. The minimum absolute atomic E-state index is 0.00712. The number of hydrogen-bond acceptors (Lipinski definition) is 4. The zero-order valence-corrected chi connectivity index (χ0v) is 17.7.